The molecule has 0 saturated carbocycles. The van der Waals surface area contributed by atoms with Crippen LogP contribution in [0.15, 0.2) is 38.9 Å². The Morgan fingerprint density at radius 1 is 1.20 bits per heavy atom. The summed E-state index contributed by atoms with van der Waals surface area (Å²) in [6.07, 6.45) is 0. The van der Waals surface area contributed by atoms with Crippen LogP contribution in [0.1, 0.15) is 6.92 Å². The third-order valence-corrected chi connectivity index (χ3v) is 7.67. The Hall–Kier alpha value is -0.900. The lowest BCUT2D eigenvalue weighted by atomic mass is 10.3. The second kappa shape index (κ2) is 7.77. The normalized spacial score (nSPS) is 13.0. The zero-order valence-corrected chi connectivity index (χ0v) is 17.1. The minimum atomic E-state index is -3.83. The quantitative estimate of drug-likeness (QED) is 0.537. The van der Waals surface area contributed by atoms with Crippen LogP contribution in [-0.2, 0) is 21.3 Å². The molecule has 0 bridgehead atoms. The number of halogens is 2. The Morgan fingerprint density at radius 3 is 2.68 bits per heavy atom. The fourth-order valence-corrected chi connectivity index (χ4v) is 6.21. The molecule has 0 aliphatic carbocycles. The van der Waals surface area contributed by atoms with Gasteiger partial charge in [0, 0.05) is 18.2 Å². The fraction of sp³-hybridized carbons (Fsp3) is 0.267. The van der Waals surface area contributed by atoms with Crippen LogP contribution in [0.4, 0.5) is 0 Å². The Balaban J connectivity index is 2.15. The first-order valence-corrected chi connectivity index (χ1v) is 11.2. The Morgan fingerprint density at radius 2 is 2.00 bits per heavy atom. The third-order valence-electron chi connectivity index (χ3n) is 3.31. The molecule has 1 aromatic carbocycles. The summed E-state index contributed by atoms with van der Waals surface area (Å²) in [5.41, 5.74) is 0.868. The van der Waals surface area contributed by atoms with E-state index in [-0.39, 0.29) is 4.21 Å². The molecule has 0 spiro atoms. The molecule has 2 aromatic heterocycles. The average molecular weight is 437 g/mol. The molecule has 0 unspecified atom stereocenters. The lowest BCUT2D eigenvalue weighted by Gasteiger charge is -2.05. The number of hydrogen-bond donors (Lipinski definition) is 0. The Labute approximate surface area is 163 Å². The number of fused-ring (bicyclic) bond motifs is 1. The predicted octanol–water partition coefficient (Wildman–Crippen LogP) is 4.40. The highest BCUT2D eigenvalue weighted by Crippen LogP contribution is 2.27. The van der Waals surface area contributed by atoms with E-state index in [1.807, 2.05) is 17.6 Å². The number of thiophene rings is 1. The lowest BCUT2D eigenvalue weighted by Crippen LogP contribution is -2.19. The number of benzene rings is 1. The van der Waals surface area contributed by atoms with Crippen molar-refractivity contribution in [3.8, 4) is 0 Å². The molecule has 134 valence electrons. The van der Waals surface area contributed by atoms with Crippen molar-refractivity contribution in [3.63, 3.8) is 0 Å². The van der Waals surface area contributed by atoms with Gasteiger partial charge < -0.3 is 9.30 Å². The third kappa shape index (κ3) is 4.27. The largest absolute Gasteiger partial charge is 0.380 e. The van der Waals surface area contributed by atoms with Crippen LogP contribution in [0.2, 0.25) is 9.36 Å². The van der Waals surface area contributed by atoms with Gasteiger partial charge in [0.05, 0.1) is 21.2 Å². The van der Waals surface area contributed by atoms with Gasteiger partial charge in [-0.2, -0.15) is 8.42 Å². The van der Waals surface area contributed by atoms with E-state index in [1.54, 1.807) is 18.2 Å². The maximum atomic E-state index is 12.6. The topological polar surface area (TPSA) is 60.7 Å². The first kappa shape index (κ1) is 18.9. The van der Waals surface area contributed by atoms with Crippen molar-refractivity contribution in [1.82, 2.24) is 4.57 Å². The van der Waals surface area contributed by atoms with E-state index in [0.717, 1.165) is 21.6 Å². The first-order valence-electron chi connectivity index (χ1n) is 7.33. The number of nitrogens with zero attached hydrogens (tertiary/aromatic N) is 2. The van der Waals surface area contributed by atoms with Crippen LogP contribution in [0.5, 0.6) is 0 Å². The molecule has 0 aliphatic heterocycles. The molecule has 25 heavy (non-hydrogen) atoms. The van der Waals surface area contributed by atoms with Crippen molar-refractivity contribution in [2.45, 2.75) is 17.7 Å². The van der Waals surface area contributed by atoms with Gasteiger partial charge in [-0.25, -0.2) is 0 Å². The Kier molecular flexibility index (Phi) is 5.87. The summed E-state index contributed by atoms with van der Waals surface area (Å²) in [5, 5.41) is 0.588. The molecule has 0 atom stereocenters. The summed E-state index contributed by atoms with van der Waals surface area (Å²) in [6, 6.07) is 8.42. The highest BCUT2D eigenvalue weighted by Gasteiger charge is 2.17. The van der Waals surface area contributed by atoms with E-state index in [4.69, 9.17) is 27.9 Å². The molecule has 0 aliphatic rings. The lowest BCUT2D eigenvalue weighted by molar-refractivity contribution is 0.139. The van der Waals surface area contributed by atoms with Crippen molar-refractivity contribution >= 4 is 66.1 Å². The van der Waals surface area contributed by atoms with E-state index in [2.05, 4.69) is 4.40 Å². The van der Waals surface area contributed by atoms with E-state index in [9.17, 15) is 8.42 Å². The van der Waals surface area contributed by atoms with Gasteiger partial charge in [-0.05, 0) is 37.3 Å². The summed E-state index contributed by atoms with van der Waals surface area (Å²) >= 11 is 14.2. The summed E-state index contributed by atoms with van der Waals surface area (Å²) in [5.74, 6) is 0. The fourth-order valence-electron chi connectivity index (χ4n) is 2.22. The van der Waals surface area contributed by atoms with Gasteiger partial charge in [0.15, 0.2) is 0 Å². The summed E-state index contributed by atoms with van der Waals surface area (Å²) < 4.78 is 37.8. The van der Waals surface area contributed by atoms with E-state index in [1.165, 1.54) is 17.4 Å². The molecule has 0 radical (unpaired) electrons. The molecule has 0 amide bonds. The minimum Gasteiger partial charge on any atom is -0.380 e. The van der Waals surface area contributed by atoms with Gasteiger partial charge in [0.2, 0.25) is 4.80 Å². The summed E-state index contributed by atoms with van der Waals surface area (Å²) in [4.78, 5) is 0.376. The van der Waals surface area contributed by atoms with Crippen LogP contribution in [-0.4, -0.2) is 26.2 Å². The number of sulfonamides is 1. The van der Waals surface area contributed by atoms with Crippen LogP contribution in [0, 0.1) is 0 Å². The monoisotopic (exact) mass is 436 g/mol. The van der Waals surface area contributed by atoms with E-state index >= 15 is 0 Å². The highest BCUT2D eigenvalue weighted by atomic mass is 35.5. The van der Waals surface area contributed by atoms with Crippen molar-refractivity contribution in [2.24, 2.45) is 4.40 Å². The van der Waals surface area contributed by atoms with Crippen LogP contribution in [0.3, 0.4) is 0 Å². The van der Waals surface area contributed by atoms with Crippen LogP contribution in [0.25, 0.3) is 10.2 Å². The first-order chi connectivity index (χ1) is 11.9. The smallest absolute Gasteiger partial charge is 0.294 e. The molecular formula is C15H14Cl2N2O3S3. The zero-order chi connectivity index (χ0) is 18.0. The predicted molar refractivity (Wildman–Crippen MR) is 103 cm³/mol. The second-order valence-electron chi connectivity index (χ2n) is 4.97. The average Bonchev–Trinajstić information content (AvgIpc) is 3.12. The van der Waals surface area contributed by atoms with Crippen molar-refractivity contribution < 1.29 is 13.2 Å². The standard InChI is InChI=1S/C15H14Cl2N2O3S3/c1-2-22-8-7-19-11-4-3-10(16)9-12(11)23-15(19)18-25(20,21)14-6-5-13(17)24-14/h3-6,9H,2,7-8H2,1H3/b18-15-. The minimum absolute atomic E-state index is 0.115. The van der Waals surface area contributed by atoms with Crippen LogP contribution < -0.4 is 4.80 Å². The summed E-state index contributed by atoms with van der Waals surface area (Å²) in [7, 11) is -3.83. The van der Waals surface area contributed by atoms with Crippen molar-refractivity contribution in [2.75, 3.05) is 13.2 Å². The maximum absolute atomic E-state index is 12.6. The van der Waals surface area contributed by atoms with Gasteiger partial charge in [0.25, 0.3) is 10.0 Å². The Bertz CT molecular complexity index is 1070. The number of aromatic nitrogens is 1. The van der Waals surface area contributed by atoms with E-state index < -0.39 is 10.0 Å². The van der Waals surface area contributed by atoms with Crippen LogP contribution >= 0.6 is 45.9 Å². The number of hydrogen-bond acceptors (Lipinski definition) is 5. The summed E-state index contributed by atoms with van der Waals surface area (Å²) in [6.45, 7) is 3.46. The molecule has 3 rings (SSSR count). The number of rotatable bonds is 6. The molecule has 0 saturated heterocycles. The van der Waals surface area contributed by atoms with Gasteiger partial charge in [-0.3, -0.25) is 0 Å². The van der Waals surface area contributed by atoms with Crippen molar-refractivity contribution in [1.29, 1.82) is 0 Å². The van der Waals surface area contributed by atoms with Crippen molar-refractivity contribution in [3.05, 3.63) is 44.5 Å². The molecule has 5 nitrogen and oxygen atoms in total. The molecular weight excluding hydrogens is 423 g/mol. The van der Waals surface area contributed by atoms with Gasteiger partial charge in [-0.1, -0.05) is 34.5 Å². The zero-order valence-electron chi connectivity index (χ0n) is 13.1. The van der Waals surface area contributed by atoms with Gasteiger partial charge >= 0.3 is 0 Å². The molecule has 0 fully saturated rings. The van der Waals surface area contributed by atoms with E-state index in [0.29, 0.717) is 33.9 Å². The SMILES string of the molecule is CCOCCn1/c(=N/S(=O)(=O)c2ccc(Cl)s2)sc2cc(Cl)ccc21. The maximum Gasteiger partial charge on any atom is 0.294 e. The molecule has 10 heteroatoms. The highest BCUT2D eigenvalue weighted by molar-refractivity contribution is 7.92. The molecule has 3 aromatic rings. The molecule has 0 N–H and O–H groups in total. The number of ether oxygens (including phenoxy) is 1. The van der Waals surface area contributed by atoms with Gasteiger partial charge in [-0.15, -0.1) is 15.7 Å². The second-order valence-corrected chi connectivity index (χ2v) is 9.96. The molecule has 2 heterocycles. The number of thiazole rings is 1. The van der Waals surface area contributed by atoms with Gasteiger partial charge in [0.1, 0.15) is 4.21 Å².